The van der Waals surface area contributed by atoms with Crippen molar-refractivity contribution in [3.05, 3.63) is 42.6 Å². The number of carboxylic acid groups (broad SMARTS) is 4. The van der Waals surface area contributed by atoms with E-state index in [1.165, 1.54) is 23.5 Å². The Bertz CT molecular complexity index is 2210. The number of carbonyl (C=O) groups is 8. The summed E-state index contributed by atoms with van der Waals surface area (Å²) in [5, 5.41) is 51.1. The molecular formula is C32H30Cl2N10O14S4-2. The van der Waals surface area contributed by atoms with Gasteiger partial charge < -0.3 is 61.8 Å². The molecule has 4 amide bonds. The van der Waals surface area contributed by atoms with Crippen molar-refractivity contribution in [3.8, 4) is 0 Å². The van der Waals surface area contributed by atoms with E-state index in [1.54, 1.807) is 13.8 Å². The molecule has 332 valence electrons. The second kappa shape index (κ2) is 20.0. The second-order valence-electron chi connectivity index (χ2n) is 12.5. The highest BCUT2D eigenvalue weighted by molar-refractivity contribution is 8.00. The number of carboxylic acids is 4. The number of carbonyl (C=O) groups excluding carboxylic acids is 6. The van der Waals surface area contributed by atoms with Crippen LogP contribution in [0.4, 0.5) is 10.3 Å². The Balaban J connectivity index is 0.000000234. The Labute approximate surface area is 374 Å². The van der Waals surface area contributed by atoms with Gasteiger partial charge in [-0.1, -0.05) is 70.0 Å². The molecule has 6 rings (SSSR count). The quantitative estimate of drug-likeness (QED) is 0.0601. The van der Waals surface area contributed by atoms with Gasteiger partial charge in [-0.3, -0.25) is 29.0 Å². The maximum Gasteiger partial charge on any atom is 0.344 e. The highest BCUT2D eigenvalue weighted by atomic mass is 35.5. The van der Waals surface area contributed by atoms with E-state index in [-0.39, 0.29) is 41.7 Å². The monoisotopic (exact) mass is 976 g/mol. The fourth-order valence-electron chi connectivity index (χ4n) is 5.92. The molecule has 0 spiro atoms. The minimum absolute atomic E-state index is 0.00804. The van der Waals surface area contributed by atoms with Crippen LogP contribution in [0.15, 0.2) is 32.9 Å². The fraction of sp³-hybridized carbons (Fsp3) is 0.375. The molecule has 2 aromatic heterocycles. The highest BCUT2D eigenvalue weighted by Crippen LogP contribution is 2.42. The minimum Gasteiger partial charge on any atom is -0.543 e. The van der Waals surface area contributed by atoms with E-state index < -0.39 is 95.0 Å². The van der Waals surface area contributed by atoms with Crippen LogP contribution in [0.25, 0.3) is 0 Å². The van der Waals surface area contributed by atoms with Gasteiger partial charge in [0.05, 0.1) is 23.3 Å². The zero-order valence-corrected chi connectivity index (χ0v) is 36.4. The number of halogens is 2. The van der Waals surface area contributed by atoms with E-state index in [0.29, 0.717) is 35.5 Å². The van der Waals surface area contributed by atoms with Gasteiger partial charge in [0.15, 0.2) is 21.7 Å². The summed E-state index contributed by atoms with van der Waals surface area (Å²) < 4.78 is 0.0161. The summed E-state index contributed by atoms with van der Waals surface area (Å²) in [4.78, 5) is 114. The van der Waals surface area contributed by atoms with Crippen molar-refractivity contribution >= 4 is 139 Å². The third kappa shape index (κ3) is 9.99. The first-order valence-electron chi connectivity index (χ1n) is 17.4. The number of amides is 4. The number of nitrogen functional groups attached to an aromatic ring is 2. The zero-order valence-electron chi connectivity index (χ0n) is 31.6. The molecular weight excluding hydrogens is 948 g/mol. The van der Waals surface area contributed by atoms with Gasteiger partial charge in [-0.15, -0.1) is 23.5 Å². The summed E-state index contributed by atoms with van der Waals surface area (Å²) >= 11 is 16.3. The first-order valence-corrected chi connectivity index (χ1v) is 21.8. The van der Waals surface area contributed by atoms with Gasteiger partial charge >= 0.3 is 11.9 Å². The van der Waals surface area contributed by atoms with Gasteiger partial charge in [-0.2, -0.15) is 0 Å². The molecule has 4 unspecified atom stereocenters. The van der Waals surface area contributed by atoms with E-state index in [0.717, 1.165) is 32.5 Å². The number of anilines is 2. The van der Waals surface area contributed by atoms with Crippen molar-refractivity contribution in [2.24, 2.45) is 10.3 Å². The number of β-lactam (4-membered cyclic amide) rings is 2. The number of rotatable bonds is 16. The molecule has 2 aromatic rings. The molecule has 30 heteroatoms. The minimum atomic E-state index is -1.46. The van der Waals surface area contributed by atoms with E-state index >= 15 is 0 Å². The van der Waals surface area contributed by atoms with Crippen LogP contribution in [0.2, 0.25) is 8.67 Å². The van der Waals surface area contributed by atoms with E-state index in [4.69, 9.17) is 44.9 Å². The zero-order chi connectivity index (χ0) is 45.7. The maximum absolute atomic E-state index is 12.8. The summed E-state index contributed by atoms with van der Waals surface area (Å²) in [6.07, 6.45) is 0.872. The molecule has 2 fully saturated rings. The Hall–Kier alpha value is -5.68. The molecule has 4 aliphatic heterocycles. The van der Waals surface area contributed by atoms with Crippen LogP contribution >= 0.6 is 69.4 Å². The lowest BCUT2D eigenvalue weighted by atomic mass is 10.0. The van der Waals surface area contributed by atoms with Gasteiger partial charge in [0, 0.05) is 11.5 Å². The molecule has 4 aliphatic rings. The van der Waals surface area contributed by atoms with Crippen LogP contribution in [0.1, 0.15) is 38.1 Å². The number of hydrogen-bond donors (Lipinski definition) is 6. The second-order valence-corrected chi connectivity index (χ2v) is 17.9. The Kier molecular flexibility index (Phi) is 15.3. The summed E-state index contributed by atoms with van der Waals surface area (Å²) in [5.41, 5.74) is 10.7. The van der Waals surface area contributed by atoms with Crippen LogP contribution < -0.4 is 32.3 Å². The van der Waals surface area contributed by atoms with E-state index in [9.17, 15) is 48.6 Å². The van der Waals surface area contributed by atoms with Crippen LogP contribution in [0.5, 0.6) is 0 Å². The van der Waals surface area contributed by atoms with E-state index in [1.807, 2.05) is 0 Å². The molecule has 8 N–H and O–H groups in total. The normalized spacial score (nSPS) is 20.8. The summed E-state index contributed by atoms with van der Waals surface area (Å²) in [7, 11) is 0. The number of fused-ring (bicyclic) bond motifs is 2. The average molecular weight is 978 g/mol. The number of aliphatic carboxylic acids is 4. The fourth-order valence-corrected chi connectivity index (χ4v) is 10.7. The van der Waals surface area contributed by atoms with Crippen molar-refractivity contribution in [2.75, 3.05) is 36.2 Å². The van der Waals surface area contributed by atoms with Gasteiger partial charge in [-0.05, 0) is 24.0 Å². The SMILES string of the molecule is CCC1=C(C(=O)[O-])N2C(=O)C(NC(=O)/C(=N/OCC(=O)O)c3nc(N)sc3Cl)C2SC1.CCC1=C(C(=O)[O-])N2C(=O)C(NC(=O)/C(=N/OCC(=O)O)c3nc(N)sc3Cl)C2SC1. The summed E-state index contributed by atoms with van der Waals surface area (Å²) in [6.45, 7) is 1.88. The van der Waals surface area contributed by atoms with Gasteiger partial charge in [0.2, 0.25) is 13.2 Å². The average Bonchev–Trinajstić information content (AvgIpc) is 3.74. The number of aromatic nitrogens is 2. The predicted molar refractivity (Wildman–Crippen MR) is 218 cm³/mol. The molecule has 0 aromatic carbocycles. The van der Waals surface area contributed by atoms with Crippen LogP contribution in [0.3, 0.4) is 0 Å². The first kappa shape index (κ1) is 47.4. The van der Waals surface area contributed by atoms with Crippen molar-refractivity contribution in [2.45, 2.75) is 49.5 Å². The van der Waals surface area contributed by atoms with Crippen molar-refractivity contribution in [1.29, 1.82) is 0 Å². The summed E-state index contributed by atoms with van der Waals surface area (Å²) in [6, 6.07) is -2.10. The van der Waals surface area contributed by atoms with Gasteiger partial charge in [0.1, 0.15) is 42.9 Å². The maximum atomic E-state index is 12.8. The predicted octanol–water partition coefficient (Wildman–Crippen LogP) is -2.00. The smallest absolute Gasteiger partial charge is 0.344 e. The van der Waals surface area contributed by atoms with Crippen LogP contribution in [-0.2, 0) is 48.0 Å². The molecule has 0 radical (unpaired) electrons. The third-order valence-electron chi connectivity index (χ3n) is 8.68. The van der Waals surface area contributed by atoms with E-state index in [2.05, 4.69) is 40.6 Å². The molecule has 0 saturated carbocycles. The molecule has 0 bridgehead atoms. The van der Waals surface area contributed by atoms with Crippen LogP contribution in [0, 0.1) is 0 Å². The van der Waals surface area contributed by atoms with Gasteiger partial charge in [-0.25, -0.2) is 19.6 Å². The highest BCUT2D eigenvalue weighted by Gasteiger charge is 2.54. The number of oxime groups is 2. The van der Waals surface area contributed by atoms with Crippen molar-refractivity contribution in [1.82, 2.24) is 30.4 Å². The van der Waals surface area contributed by atoms with Crippen LogP contribution in [-0.4, -0.2) is 136 Å². The molecule has 4 atom stereocenters. The lowest BCUT2D eigenvalue weighted by Crippen LogP contribution is -2.71. The lowest BCUT2D eigenvalue weighted by molar-refractivity contribution is -0.303. The molecule has 6 heterocycles. The number of nitrogens with two attached hydrogens (primary N) is 2. The number of thiazole rings is 2. The summed E-state index contributed by atoms with van der Waals surface area (Å²) in [5.74, 6) is -7.98. The van der Waals surface area contributed by atoms with Gasteiger partial charge in [0.25, 0.3) is 23.6 Å². The third-order valence-corrected chi connectivity index (χ3v) is 13.5. The lowest BCUT2D eigenvalue weighted by Gasteiger charge is -2.50. The Morgan fingerprint density at radius 2 is 1.10 bits per heavy atom. The Morgan fingerprint density at radius 3 is 1.37 bits per heavy atom. The van der Waals surface area contributed by atoms with Crippen molar-refractivity contribution < 1.29 is 68.5 Å². The topological polar surface area (TPSA) is 375 Å². The standard InChI is InChI=1S/2C16H16ClN5O7S2/c2*1-2-5-4-30-14-9(13(26)22(14)10(5)15(27)28)19-12(25)8(21-29-3-6(23)24)7-11(17)31-16(18)20-7/h2*9,14H,2-4H2,1H3,(H2,18,20)(H,19,25)(H,23,24)(H,27,28)/p-2/b2*21-8+. The largest absolute Gasteiger partial charge is 0.543 e. The Morgan fingerprint density at radius 1 is 0.742 bits per heavy atom. The number of nitrogens with zero attached hydrogens (tertiary/aromatic N) is 6. The van der Waals surface area contributed by atoms with Crippen molar-refractivity contribution in [3.63, 3.8) is 0 Å². The number of hydrogen-bond acceptors (Lipinski definition) is 22. The molecule has 0 aliphatic carbocycles. The first-order chi connectivity index (χ1) is 29.3. The molecule has 62 heavy (non-hydrogen) atoms. The molecule has 24 nitrogen and oxygen atoms in total. The number of thioether (sulfide) groups is 2. The number of nitrogens with one attached hydrogen (secondary N) is 2. The molecule has 2 saturated heterocycles.